The van der Waals surface area contributed by atoms with E-state index < -0.39 is 0 Å². The van der Waals surface area contributed by atoms with Crippen LogP contribution in [0.2, 0.25) is 0 Å². The Hall–Kier alpha value is -5.42. The number of fused-ring (bicyclic) bond motifs is 7. The molecular formula is C46H33N4OPtS-3. The van der Waals surface area contributed by atoms with E-state index in [1.165, 1.54) is 25.7 Å². The molecular weight excluding hydrogens is 852 g/mol. The Bertz CT molecular complexity index is 2830. The van der Waals surface area contributed by atoms with Gasteiger partial charge in [-0.2, -0.15) is 12.1 Å². The zero-order valence-electron chi connectivity index (χ0n) is 29.3. The van der Waals surface area contributed by atoms with Crippen LogP contribution in [0.1, 0.15) is 26.3 Å². The van der Waals surface area contributed by atoms with Crippen LogP contribution in [0.3, 0.4) is 0 Å². The monoisotopic (exact) mass is 884 g/mol. The maximum atomic E-state index is 6.55. The number of benzene rings is 6. The second-order valence-electron chi connectivity index (χ2n) is 14.2. The molecule has 4 heterocycles. The molecule has 0 saturated carbocycles. The van der Waals surface area contributed by atoms with Crippen molar-refractivity contribution in [3.8, 4) is 17.3 Å². The molecule has 0 fully saturated rings. The van der Waals surface area contributed by atoms with Gasteiger partial charge in [0.05, 0.1) is 0 Å². The molecule has 0 N–H and O–H groups in total. The number of hydrogen-bond acceptors (Lipinski definition) is 5. The number of ether oxygens (including phenoxy) is 1. The Morgan fingerprint density at radius 3 is 2.19 bits per heavy atom. The third-order valence-corrected chi connectivity index (χ3v) is 11.0. The largest absolute Gasteiger partial charge is 0.509 e. The van der Waals surface area contributed by atoms with Crippen molar-refractivity contribution in [3.05, 3.63) is 164 Å². The van der Waals surface area contributed by atoms with Crippen LogP contribution < -0.4 is 14.5 Å². The van der Waals surface area contributed by atoms with Gasteiger partial charge in [0, 0.05) is 81.5 Å². The van der Waals surface area contributed by atoms with Crippen molar-refractivity contribution in [3.63, 3.8) is 0 Å². The first-order valence-corrected chi connectivity index (χ1v) is 18.3. The fourth-order valence-corrected chi connectivity index (χ4v) is 8.51. The van der Waals surface area contributed by atoms with Crippen molar-refractivity contribution in [2.45, 2.75) is 26.2 Å². The third kappa shape index (κ3) is 5.60. The van der Waals surface area contributed by atoms with Gasteiger partial charge in [-0.15, -0.1) is 59.4 Å². The van der Waals surface area contributed by atoms with Crippen LogP contribution in [-0.2, 0) is 26.5 Å². The fourth-order valence-electron chi connectivity index (χ4n) is 7.39. The Labute approximate surface area is 327 Å². The van der Waals surface area contributed by atoms with Crippen molar-refractivity contribution in [1.82, 2.24) is 9.55 Å². The maximum absolute atomic E-state index is 6.55. The van der Waals surface area contributed by atoms with Crippen LogP contribution in [-0.4, -0.2) is 9.55 Å². The molecule has 9 aromatic rings. The zero-order chi connectivity index (χ0) is 35.0. The number of aromatic nitrogens is 2. The van der Waals surface area contributed by atoms with E-state index in [1.54, 1.807) is 0 Å². The summed E-state index contributed by atoms with van der Waals surface area (Å²) in [5.41, 5.74) is 7.44. The van der Waals surface area contributed by atoms with Gasteiger partial charge >= 0.3 is 0 Å². The summed E-state index contributed by atoms with van der Waals surface area (Å²) in [6.45, 7) is 8.84. The van der Waals surface area contributed by atoms with Crippen LogP contribution >= 0.6 is 11.3 Å². The van der Waals surface area contributed by atoms with Gasteiger partial charge in [0.15, 0.2) is 0 Å². The number of para-hydroxylation sites is 3. The van der Waals surface area contributed by atoms with Crippen LogP contribution in [0, 0.1) is 18.8 Å². The average Bonchev–Trinajstić information content (AvgIpc) is 3.84. The SMILES string of the molecule is CC(C)(C)c1ccnc(-n2c3[c-]c(Oc4[c-]c(N5[CH-]N(c6cccc7sc8ccccc8c67)c6ccccc65)ccc4)ccc3c3ccccc32)c1.[Pt]. The standard InChI is InChI=1S/C46H33N4OS.Pt/c1-46(2,3)30-24-25-47-44(26-30)50-37-16-6-4-14-34(37)35-23-22-33(28-41(35)50)51-32-13-10-12-31(27-32)48-29-49(39-18-8-7-17-38(39)48)40-19-11-21-43-45(40)36-15-5-9-20-42(36)52-43;/h4-26,29H,1-3H3;/q-3;. The molecule has 0 unspecified atom stereocenters. The molecule has 7 heteroatoms. The molecule has 0 saturated heterocycles. The van der Waals surface area contributed by atoms with E-state index in [0.29, 0.717) is 11.5 Å². The fraction of sp³-hybridized carbons (Fsp3) is 0.0870. The van der Waals surface area contributed by atoms with Crippen LogP contribution in [0.15, 0.2) is 140 Å². The number of thiophene rings is 1. The summed E-state index contributed by atoms with van der Waals surface area (Å²) in [4.78, 5) is 9.31. The Balaban J connectivity index is 0.00000372. The van der Waals surface area contributed by atoms with Crippen molar-refractivity contribution >= 4 is 76.1 Å². The van der Waals surface area contributed by atoms with Gasteiger partial charge < -0.3 is 19.1 Å². The van der Waals surface area contributed by atoms with Gasteiger partial charge in [0.1, 0.15) is 5.82 Å². The van der Waals surface area contributed by atoms with Gasteiger partial charge in [-0.1, -0.05) is 80.9 Å². The first-order valence-electron chi connectivity index (χ1n) is 17.5. The van der Waals surface area contributed by atoms with Gasteiger partial charge in [0.25, 0.3) is 0 Å². The number of pyridine rings is 1. The summed E-state index contributed by atoms with van der Waals surface area (Å²) < 4.78 is 11.3. The maximum Gasteiger partial charge on any atom is 0.135 e. The van der Waals surface area contributed by atoms with Crippen LogP contribution in [0.25, 0.3) is 47.8 Å². The normalized spacial score (nSPS) is 12.9. The average molecular weight is 885 g/mol. The van der Waals surface area contributed by atoms with E-state index >= 15 is 0 Å². The summed E-state index contributed by atoms with van der Waals surface area (Å²) in [5.74, 6) is 2.08. The van der Waals surface area contributed by atoms with Crippen molar-refractivity contribution in [1.29, 1.82) is 0 Å². The predicted octanol–water partition coefficient (Wildman–Crippen LogP) is 12.6. The Morgan fingerprint density at radius 2 is 1.34 bits per heavy atom. The minimum Gasteiger partial charge on any atom is -0.509 e. The van der Waals surface area contributed by atoms with E-state index in [1.807, 2.05) is 35.7 Å². The number of rotatable bonds is 5. The molecule has 1 aliphatic heterocycles. The second-order valence-corrected chi connectivity index (χ2v) is 15.3. The molecule has 0 bridgehead atoms. The molecule has 0 radical (unpaired) electrons. The minimum atomic E-state index is -0.00871. The summed E-state index contributed by atoms with van der Waals surface area (Å²) in [6.07, 6.45) is 1.90. The topological polar surface area (TPSA) is 33.5 Å². The molecule has 10 rings (SSSR count). The van der Waals surface area contributed by atoms with Crippen LogP contribution in [0.4, 0.5) is 22.7 Å². The third-order valence-electron chi connectivity index (χ3n) is 9.90. The van der Waals surface area contributed by atoms with Crippen molar-refractivity contribution < 1.29 is 25.8 Å². The number of nitrogens with zero attached hydrogens (tertiary/aromatic N) is 4. The van der Waals surface area contributed by atoms with E-state index in [2.05, 4.69) is 169 Å². The first-order chi connectivity index (χ1) is 25.4. The molecule has 1 aliphatic rings. The number of anilines is 4. The Morgan fingerprint density at radius 1 is 0.642 bits per heavy atom. The summed E-state index contributed by atoms with van der Waals surface area (Å²) in [6, 6.07) is 53.8. The quantitative estimate of drug-likeness (QED) is 0.161. The van der Waals surface area contributed by atoms with Gasteiger partial charge in [-0.05, 0) is 64.9 Å². The molecule has 0 atom stereocenters. The molecule has 3 aromatic heterocycles. The van der Waals surface area contributed by atoms with Crippen LogP contribution in [0.5, 0.6) is 11.5 Å². The predicted molar refractivity (Wildman–Crippen MR) is 216 cm³/mol. The van der Waals surface area contributed by atoms with Crippen molar-refractivity contribution in [2.75, 3.05) is 9.80 Å². The summed E-state index contributed by atoms with van der Waals surface area (Å²) in [5, 5.41) is 4.78. The second kappa shape index (κ2) is 12.9. The Kier molecular flexibility index (Phi) is 8.14. The molecule has 262 valence electrons. The molecule has 53 heavy (non-hydrogen) atoms. The smallest absolute Gasteiger partial charge is 0.135 e. The number of hydrogen-bond donors (Lipinski definition) is 0. The summed E-state index contributed by atoms with van der Waals surface area (Å²) >= 11 is 1.83. The molecule has 0 amide bonds. The summed E-state index contributed by atoms with van der Waals surface area (Å²) in [7, 11) is 0. The van der Waals surface area contributed by atoms with E-state index in [9.17, 15) is 0 Å². The minimum absolute atomic E-state index is 0. The zero-order valence-corrected chi connectivity index (χ0v) is 32.4. The van der Waals surface area contributed by atoms with E-state index in [4.69, 9.17) is 9.72 Å². The van der Waals surface area contributed by atoms with Gasteiger partial charge in [-0.25, -0.2) is 4.98 Å². The molecule has 6 aromatic carbocycles. The van der Waals surface area contributed by atoms with E-state index in [-0.39, 0.29) is 26.5 Å². The van der Waals surface area contributed by atoms with Gasteiger partial charge in [-0.3, -0.25) is 0 Å². The molecule has 5 nitrogen and oxygen atoms in total. The van der Waals surface area contributed by atoms with Gasteiger partial charge in [0.2, 0.25) is 0 Å². The van der Waals surface area contributed by atoms with Crippen molar-refractivity contribution in [2.24, 2.45) is 0 Å². The molecule has 0 aliphatic carbocycles. The molecule has 0 spiro atoms. The first kappa shape index (κ1) is 33.4. The van der Waals surface area contributed by atoms with E-state index in [0.717, 1.165) is 50.4 Å².